The Bertz CT molecular complexity index is 714. The Labute approximate surface area is 140 Å². The molecule has 1 aliphatic carbocycles. The molecule has 0 unspecified atom stereocenters. The molecular formula is C18H21FN4O. The molecule has 1 aromatic carbocycles. The summed E-state index contributed by atoms with van der Waals surface area (Å²) in [5, 5.41) is 3.24. The molecule has 0 atom stereocenters. The number of hydrogen-bond donors (Lipinski definition) is 2. The molecule has 1 aliphatic rings. The summed E-state index contributed by atoms with van der Waals surface area (Å²) in [7, 11) is 0. The predicted octanol–water partition coefficient (Wildman–Crippen LogP) is 3.36. The Hall–Kier alpha value is -2.63. The minimum absolute atomic E-state index is 0.146. The van der Waals surface area contributed by atoms with Gasteiger partial charge in [0.2, 0.25) is 5.88 Å². The Balaban J connectivity index is 1.61. The first-order chi connectivity index (χ1) is 11.7. The van der Waals surface area contributed by atoms with Crippen molar-refractivity contribution in [3.8, 4) is 11.6 Å². The topological polar surface area (TPSA) is 72.5 Å². The van der Waals surface area contributed by atoms with Crippen LogP contribution in [0, 0.1) is 5.82 Å². The standard InChI is InChI=1S/C18H21FN4O/c19-15-7-3-4-8-16(15)24-17-11-13(9-10-21-17)12-22-18(20)23-14-5-1-2-6-14/h3-4,7-11,14H,1-2,5-6,12H2,(H3,20,22,23). The highest BCUT2D eigenvalue weighted by atomic mass is 19.1. The Morgan fingerprint density at radius 3 is 2.88 bits per heavy atom. The van der Waals surface area contributed by atoms with Gasteiger partial charge in [-0.05, 0) is 36.6 Å². The number of hydrogen-bond acceptors (Lipinski definition) is 3. The van der Waals surface area contributed by atoms with Gasteiger partial charge in [-0.3, -0.25) is 0 Å². The van der Waals surface area contributed by atoms with Crippen molar-refractivity contribution in [1.82, 2.24) is 10.3 Å². The largest absolute Gasteiger partial charge is 0.436 e. The Kier molecular flexibility index (Phi) is 5.25. The van der Waals surface area contributed by atoms with Gasteiger partial charge in [-0.1, -0.05) is 25.0 Å². The second-order valence-electron chi connectivity index (χ2n) is 5.86. The molecule has 3 N–H and O–H groups in total. The van der Waals surface area contributed by atoms with E-state index in [0.29, 0.717) is 24.4 Å². The molecule has 0 spiro atoms. The van der Waals surface area contributed by atoms with Crippen LogP contribution in [0.5, 0.6) is 11.6 Å². The zero-order valence-corrected chi connectivity index (χ0v) is 13.4. The maximum Gasteiger partial charge on any atom is 0.219 e. The van der Waals surface area contributed by atoms with Crippen molar-refractivity contribution in [3.63, 3.8) is 0 Å². The van der Waals surface area contributed by atoms with Gasteiger partial charge >= 0.3 is 0 Å². The second-order valence-corrected chi connectivity index (χ2v) is 5.86. The third kappa shape index (κ3) is 4.44. The molecular weight excluding hydrogens is 307 g/mol. The quantitative estimate of drug-likeness (QED) is 0.652. The summed E-state index contributed by atoms with van der Waals surface area (Å²) in [5.41, 5.74) is 6.82. The molecule has 1 saturated carbocycles. The van der Waals surface area contributed by atoms with E-state index in [9.17, 15) is 4.39 Å². The van der Waals surface area contributed by atoms with Gasteiger partial charge in [0.05, 0.1) is 6.54 Å². The molecule has 3 rings (SSSR count). The maximum atomic E-state index is 13.6. The Morgan fingerprint density at radius 2 is 2.08 bits per heavy atom. The van der Waals surface area contributed by atoms with Crippen molar-refractivity contribution in [2.75, 3.05) is 0 Å². The fourth-order valence-corrected chi connectivity index (χ4v) is 2.75. The lowest BCUT2D eigenvalue weighted by Crippen LogP contribution is -2.38. The normalized spacial score (nSPS) is 15.5. The molecule has 0 saturated heterocycles. The van der Waals surface area contributed by atoms with Crippen molar-refractivity contribution in [1.29, 1.82) is 0 Å². The van der Waals surface area contributed by atoms with Gasteiger partial charge in [0.1, 0.15) is 0 Å². The second kappa shape index (κ2) is 7.77. The first-order valence-electron chi connectivity index (χ1n) is 8.14. The van der Waals surface area contributed by atoms with Gasteiger partial charge in [0.25, 0.3) is 0 Å². The van der Waals surface area contributed by atoms with E-state index in [-0.39, 0.29) is 5.75 Å². The molecule has 1 aromatic heterocycles. The van der Waals surface area contributed by atoms with Crippen molar-refractivity contribution >= 4 is 5.96 Å². The summed E-state index contributed by atoms with van der Waals surface area (Å²) in [6, 6.07) is 10.2. The minimum atomic E-state index is -0.423. The van der Waals surface area contributed by atoms with Gasteiger partial charge in [0.15, 0.2) is 17.5 Å². The third-order valence-electron chi connectivity index (χ3n) is 3.99. The number of ether oxygens (including phenoxy) is 1. The third-order valence-corrected chi connectivity index (χ3v) is 3.99. The van der Waals surface area contributed by atoms with Gasteiger partial charge < -0.3 is 15.8 Å². The molecule has 0 radical (unpaired) electrons. The lowest BCUT2D eigenvalue weighted by atomic mass is 10.2. The number of para-hydroxylation sites is 1. The van der Waals surface area contributed by atoms with E-state index in [1.165, 1.54) is 18.9 Å². The molecule has 2 aromatic rings. The van der Waals surface area contributed by atoms with Crippen LogP contribution in [0.4, 0.5) is 4.39 Å². The number of halogens is 1. The van der Waals surface area contributed by atoms with Crippen LogP contribution < -0.4 is 15.8 Å². The van der Waals surface area contributed by atoms with E-state index in [2.05, 4.69) is 15.3 Å². The summed E-state index contributed by atoms with van der Waals surface area (Å²) in [6.45, 7) is 0.418. The molecule has 0 bridgehead atoms. The van der Waals surface area contributed by atoms with Crippen molar-refractivity contribution in [3.05, 3.63) is 54.0 Å². The van der Waals surface area contributed by atoms with Gasteiger partial charge in [-0.2, -0.15) is 0 Å². The average molecular weight is 328 g/mol. The zero-order valence-electron chi connectivity index (χ0n) is 13.4. The number of aliphatic imine (C=N–C) groups is 1. The lowest BCUT2D eigenvalue weighted by Gasteiger charge is -2.12. The monoisotopic (exact) mass is 328 g/mol. The molecule has 1 fully saturated rings. The summed E-state index contributed by atoms with van der Waals surface area (Å²) < 4.78 is 19.1. The number of benzene rings is 1. The molecule has 126 valence electrons. The number of rotatable bonds is 5. The van der Waals surface area contributed by atoms with Gasteiger partial charge in [0, 0.05) is 18.3 Å². The van der Waals surface area contributed by atoms with E-state index in [1.807, 2.05) is 6.07 Å². The van der Waals surface area contributed by atoms with E-state index in [1.54, 1.807) is 30.5 Å². The summed E-state index contributed by atoms with van der Waals surface area (Å²) >= 11 is 0. The first kappa shape index (κ1) is 16.2. The van der Waals surface area contributed by atoms with Crippen LogP contribution in [-0.4, -0.2) is 17.0 Å². The first-order valence-corrected chi connectivity index (χ1v) is 8.14. The fourth-order valence-electron chi connectivity index (χ4n) is 2.75. The summed E-state index contributed by atoms with van der Waals surface area (Å²) in [5.74, 6) is 0.506. The number of guanidine groups is 1. The van der Waals surface area contributed by atoms with E-state index < -0.39 is 5.82 Å². The highest BCUT2D eigenvalue weighted by Crippen LogP contribution is 2.23. The number of pyridine rings is 1. The molecule has 0 aliphatic heterocycles. The molecule has 5 nitrogen and oxygen atoms in total. The fraction of sp³-hybridized carbons (Fsp3) is 0.333. The minimum Gasteiger partial charge on any atom is -0.436 e. The number of aromatic nitrogens is 1. The summed E-state index contributed by atoms with van der Waals surface area (Å²) in [6.07, 6.45) is 6.39. The van der Waals surface area contributed by atoms with Crippen LogP contribution >= 0.6 is 0 Å². The van der Waals surface area contributed by atoms with E-state index in [0.717, 1.165) is 18.4 Å². The number of nitrogens with one attached hydrogen (secondary N) is 1. The summed E-state index contributed by atoms with van der Waals surface area (Å²) in [4.78, 5) is 8.45. The smallest absolute Gasteiger partial charge is 0.219 e. The van der Waals surface area contributed by atoms with E-state index in [4.69, 9.17) is 10.5 Å². The van der Waals surface area contributed by atoms with Crippen LogP contribution in [0.1, 0.15) is 31.2 Å². The van der Waals surface area contributed by atoms with Crippen molar-refractivity contribution in [2.24, 2.45) is 10.7 Å². The predicted molar refractivity (Wildman–Crippen MR) is 91.4 cm³/mol. The van der Waals surface area contributed by atoms with Crippen LogP contribution in [0.3, 0.4) is 0 Å². The Morgan fingerprint density at radius 1 is 1.29 bits per heavy atom. The van der Waals surface area contributed by atoms with E-state index >= 15 is 0 Å². The lowest BCUT2D eigenvalue weighted by molar-refractivity contribution is 0.427. The van der Waals surface area contributed by atoms with Crippen LogP contribution in [-0.2, 0) is 6.54 Å². The zero-order chi connectivity index (χ0) is 16.8. The molecule has 6 heteroatoms. The van der Waals surface area contributed by atoms with Crippen LogP contribution in [0.25, 0.3) is 0 Å². The molecule has 1 heterocycles. The van der Waals surface area contributed by atoms with Crippen LogP contribution in [0.2, 0.25) is 0 Å². The highest BCUT2D eigenvalue weighted by Gasteiger charge is 2.14. The SMILES string of the molecule is NC(=NCc1ccnc(Oc2ccccc2F)c1)NC1CCCC1. The number of nitrogens with zero attached hydrogens (tertiary/aromatic N) is 2. The van der Waals surface area contributed by atoms with Gasteiger partial charge in [-0.25, -0.2) is 14.4 Å². The maximum absolute atomic E-state index is 13.6. The van der Waals surface area contributed by atoms with Crippen molar-refractivity contribution in [2.45, 2.75) is 38.3 Å². The van der Waals surface area contributed by atoms with Crippen LogP contribution in [0.15, 0.2) is 47.6 Å². The van der Waals surface area contributed by atoms with Gasteiger partial charge in [-0.15, -0.1) is 0 Å². The number of nitrogens with two attached hydrogens (primary N) is 1. The average Bonchev–Trinajstić information content (AvgIpc) is 3.08. The molecule has 0 amide bonds. The molecule has 24 heavy (non-hydrogen) atoms. The van der Waals surface area contributed by atoms with Crippen molar-refractivity contribution < 1.29 is 9.13 Å². The highest BCUT2D eigenvalue weighted by molar-refractivity contribution is 5.78.